The average molecular weight is 464 g/mol. The fourth-order valence-electron chi connectivity index (χ4n) is 4.68. The van der Waals surface area contributed by atoms with Crippen LogP contribution in [0.1, 0.15) is 36.3 Å². The molecule has 2 N–H and O–H groups in total. The van der Waals surface area contributed by atoms with E-state index in [4.69, 9.17) is 14.2 Å². The first-order valence-electron chi connectivity index (χ1n) is 11.1. The van der Waals surface area contributed by atoms with Gasteiger partial charge in [0.25, 0.3) is 0 Å². The molecule has 1 aromatic heterocycles. The van der Waals surface area contributed by atoms with Crippen LogP contribution in [-0.2, 0) is 9.59 Å². The van der Waals surface area contributed by atoms with E-state index in [0.29, 0.717) is 52.7 Å². The van der Waals surface area contributed by atoms with Crippen molar-refractivity contribution in [2.75, 3.05) is 26.6 Å². The van der Waals surface area contributed by atoms with Crippen LogP contribution in [0.4, 0.5) is 5.82 Å². The highest BCUT2D eigenvalue weighted by molar-refractivity contribution is 6.02. The molecule has 8 heteroatoms. The van der Waals surface area contributed by atoms with Crippen LogP contribution in [0.15, 0.2) is 54.0 Å². The number of nitrogens with one attached hydrogen (secondary N) is 2. The molecule has 2 aromatic rings. The molecule has 1 aliphatic carbocycles. The highest BCUT2D eigenvalue weighted by Crippen LogP contribution is 2.49. The summed E-state index contributed by atoms with van der Waals surface area (Å²) in [5.74, 6) is 0.185. The summed E-state index contributed by atoms with van der Waals surface area (Å²) in [6, 6.07) is 7.10. The predicted molar refractivity (Wildman–Crippen MR) is 128 cm³/mol. The number of amides is 1. The van der Waals surface area contributed by atoms with Gasteiger partial charge in [-0.1, -0.05) is 12.6 Å². The van der Waals surface area contributed by atoms with E-state index in [0.717, 1.165) is 17.7 Å². The average Bonchev–Trinajstić information content (AvgIpc) is 2.83. The van der Waals surface area contributed by atoms with Crippen LogP contribution in [0.5, 0.6) is 17.2 Å². The highest BCUT2D eigenvalue weighted by atomic mass is 16.5. The van der Waals surface area contributed by atoms with E-state index in [2.05, 4.69) is 22.2 Å². The SMILES string of the molecule is C=C1NC2=C(C(=O)CCC2)C(c2cc(OC)c(OC)cc2OC)C1C(=O)Nc1ccc(C)cn1. The van der Waals surface area contributed by atoms with Crippen molar-refractivity contribution < 1.29 is 23.8 Å². The zero-order valence-electron chi connectivity index (χ0n) is 19.9. The second-order valence-electron chi connectivity index (χ2n) is 8.43. The molecule has 1 aliphatic heterocycles. The van der Waals surface area contributed by atoms with E-state index < -0.39 is 11.8 Å². The Bertz CT molecular complexity index is 1170. The van der Waals surface area contributed by atoms with Gasteiger partial charge in [-0.2, -0.15) is 0 Å². The Hall–Kier alpha value is -3.81. The molecule has 0 spiro atoms. The Morgan fingerprint density at radius 2 is 1.79 bits per heavy atom. The van der Waals surface area contributed by atoms with Crippen molar-refractivity contribution in [2.45, 2.75) is 32.1 Å². The van der Waals surface area contributed by atoms with E-state index in [1.807, 2.05) is 13.0 Å². The molecule has 1 amide bonds. The number of ketones is 1. The summed E-state index contributed by atoms with van der Waals surface area (Å²) in [5.41, 5.74) is 3.54. The maximum atomic E-state index is 13.6. The number of anilines is 1. The molecular formula is C26H29N3O5. The molecule has 0 radical (unpaired) electrons. The van der Waals surface area contributed by atoms with Gasteiger partial charge in [0.05, 0.1) is 27.2 Å². The molecule has 2 atom stereocenters. The Morgan fingerprint density at radius 3 is 2.44 bits per heavy atom. The third-order valence-electron chi connectivity index (χ3n) is 6.30. The highest BCUT2D eigenvalue weighted by Gasteiger charge is 2.44. The standard InChI is InChI=1S/C26H29N3O5/c1-14-9-10-22(27-13-14)29-26(31)23-15(2)28-17-7-6-8-18(30)25(17)24(23)16-11-20(33-4)21(34-5)12-19(16)32-3/h9-13,23-24,28H,2,6-8H2,1,3-5H3,(H,27,29,31). The van der Waals surface area contributed by atoms with Crippen molar-refractivity contribution in [1.82, 2.24) is 10.3 Å². The first-order chi connectivity index (χ1) is 16.4. The zero-order valence-corrected chi connectivity index (χ0v) is 19.9. The number of carbonyl (C=O) groups excluding carboxylic acids is 2. The Balaban J connectivity index is 1.86. The number of benzene rings is 1. The predicted octanol–water partition coefficient (Wildman–Crippen LogP) is 3.88. The van der Waals surface area contributed by atoms with Crippen molar-refractivity contribution in [3.05, 3.63) is 65.1 Å². The number of hydrogen-bond acceptors (Lipinski definition) is 7. The number of ether oxygens (including phenoxy) is 3. The molecular weight excluding hydrogens is 434 g/mol. The summed E-state index contributed by atoms with van der Waals surface area (Å²) < 4.78 is 16.6. The summed E-state index contributed by atoms with van der Waals surface area (Å²) in [6.07, 6.45) is 3.56. The molecule has 2 unspecified atom stereocenters. The topological polar surface area (TPSA) is 98.8 Å². The number of aryl methyl sites for hydroxylation is 1. The van der Waals surface area contributed by atoms with E-state index in [1.165, 1.54) is 0 Å². The molecule has 178 valence electrons. The van der Waals surface area contributed by atoms with Gasteiger partial charge < -0.3 is 24.8 Å². The second kappa shape index (κ2) is 9.59. The Kier molecular flexibility index (Phi) is 6.58. The first kappa shape index (κ1) is 23.4. The van der Waals surface area contributed by atoms with Gasteiger partial charge >= 0.3 is 0 Å². The fraction of sp³-hybridized carbons (Fsp3) is 0.346. The van der Waals surface area contributed by atoms with Gasteiger partial charge in [-0.15, -0.1) is 0 Å². The molecule has 2 heterocycles. The number of rotatable bonds is 6. The van der Waals surface area contributed by atoms with Crippen LogP contribution < -0.4 is 24.8 Å². The first-order valence-corrected chi connectivity index (χ1v) is 11.1. The molecule has 34 heavy (non-hydrogen) atoms. The summed E-state index contributed by atoms with van der Waals surface area (Å²) in [7, 11) is 4.63. The maximum Gasteiger partial charge on any atom is 0.235 e. The van der Waals surface area contributed by atoms with Crippen LogP contribution >= 0.6 is 0 Å². The number of Topliss-reactive ketones (excluding diaryl/α,β-unsaturated/α-hetero) is 1. The third kappa shape index (κ3) is 4.23. The summed E-state index contributed by atoms with van der Waals surface area (Å²) in [6.45, 7) is 6.09. The van der Waals surface area contributed by atoms with Gasteiger partial charge in [-0.3, -0.25) is 9.59 Å². The van der Waals surface area contributed by atoms with E-state index in [1.54, 1.807) is 45.7 Å². The number of allylic oxidation sites excluding steroid dienone is 2. The lowest BCUT2D eigenvalue weighted by atomic mass is 9.71. The molecule has 8 nitrogen and oxygen atoms in total. The maximum absolute atomic E-state index is 13.6. The Labute approximate surface area is 199 Å². The fourth-order valence-corrected chi connectivity index (χ4v) is 4.68. The lowest BCUT2D eigenvalue weighted by Crippen LogP contribution is -2.42. The number of hydrogen-bond donors (Lipinski definition) is 2. The summed E-state index contributed by atoms with van der Waals surface area (Å²) >= 11 is 0. The summed E-state index contributed by atoms with van der Waals surface area (Å²) in [5, 5.41) is 6.14. The van der Waals surface area contributed by atoms with E-state index in [9.17, 15) is 9.59 Å². The molecule has 0 saturated carbocycles. The van der Waals surface area contributed by atoms with Gasteiger partial charge in [0.1, 0.15) is 11.6 Å². The molecule has 1 aromatic carbocycles. The molecule has 0 fully saturated rings. The van der Waals surface area contributed by atoms with Crippen LogP contribution in [0.25, 0.3) is 0 Å². The number of pyridine rings is 1. The zero-order chi connectivity index (χ0) is 24.4. The number of aromatic nitrogens is 1. The van der Waals surface area contributed by atoms with Gasteiger partial charge in [0.15, 0.2) is 17.3 Å². The van der Waals surface area contributed by atoms with Gasteiger partial charge in [-0.05, 0) is 37.5 Å². The number of nitrogens with zero attached hydrogens (tertiary/aromatic N) is 1. The van der Waals surface area contributed by atoms with Gasteiger partial charge in [-0.25, -0.2) is 4.98 Å². The molecule has 0 bridgehead atoms. The smallest absolute Gasteiger partial charge is 0.235 e. The third-order valence-corrected chi connectivity index (χ3v) is 6.30. The number of carbonyl (C=O) groups is 2. The van der Waals surface area contributed by atoms with Crippen LogP contribution in [-0.4, -0.2) is 38.0 Å². The van der Waals surface area contributed by atoms with Gasteiger partial charge in [0, 0.05) is 47.1 Å². The second-order valence-corrected chi connectivity index (χ2v) is 8.43. The van der Waals surface area contributed by atoms with Crippen LogP contribution in [0.2, 0.25) is 0 Å². The minimum Gasteiger partial charge on any atom is -0.496 e. The van der Waals surface area contributed by atoms with Crippen LogP contribution in [0.3, 0.4) is 0 Å². The molecule has 4 rings (SSSR count). The quantitative estimate of drug-likeness (QED) is 0.671. The summed E-state index contributed by atoms with van der Waals surface area (Å²) in [4.78, 5) is 31.1. The largest absolute Gasteiger partial charge is 0.496 e. The minimum atomic E-state index is -0.782. The van der Waals surface area contributed by atoms with Gasteiger partial charge in [0.2, 0.25) is 5.91 Å². The molecule has 0 saturated heterocycles. The minimum absolute atomic E-state index is 0.00866. The van der Waals surface area contributed by atoms with Crippen LogP contribution in [0, 0.1) is 12.8 Å². The monoisotopic (exact) mass is 463 g/mol. The van der Waals surface area contributed by atoms with Crippen molar-refractivity contribution in [2.24, 2.45) is 5.92 Å². The van der Waals surface area contributed by atoms with Crippen molar-refractivity contribution in [1.29, 1.82) is 0 Å². The molecule has 2 aliphatic rings. The van der Waals surface area contributed by atoms with E-state index >= 15 is 0 Å². The number of methoxy groups -OCH3 is 3. The Morgan fingerprint density at radius 1 is 1.09 bits per heavy atom. The normalized spacial score (nSPS) is 19.8. The lowest BCUT2D eigenvalue weighted by Gasteiger charge is -2.39. The van der Waals surface area contributed by atoms with Crippen molar-refractivity contribution in [3.63, 3.8) is 0 Å². The van der Waals surface area contributed by atoms with Crippen molar-refractivity contribution in [3.8, 4) is 17.2 Å². The van der Waals surface area contributed by atoms with Crippen molar-refractivity contribution >= 4 is 17.5 Å². The van der Waals surface area contributed by atoms with E-state index in [-0.39, 0.29) is 11.7 Å². The lowest BCUT2D eigenvalue weighted by molar-refractivity contribution is -0.120.